The van der Waals surface area contributed by atoms with Crippen LogP contribution in [-0.4, -0.2) is 62.2 Å². The van der Waals surface area contributed by atoms with Gasteiger partial charge in [-0.15, -0.1) is 0 Å². The van der Waals surface area contributed by atoms with Gasteiger partial charge in [0.05, 0.1) is 35.8 Å². The zero-order valence-electron chi connectivity index (χ0n) is 24.1. The average molecular weight is 698 g/mol. The van der Waals surface area contributed by atoms with Crippen LogP contribution in [0.3, 0.4) is 0 Å². The minimum Gasteiger partial charge on any atom is -0.369 e. The molecule has 0 unspecified atom stereocenters. The lowest BCUT2D eigenvalue weighted by Gasteiger charge is -2.21. The van der Waals surface area contributed by atoms with Gasteiger partial charge in [0, 0.05) is 28.5 Å². The molecule has 230 valence electrons. The van der Waals surface area contributed by atoms with E-state index < -0.39 is 31.0 Å². The minimum absolute atomic E-state index is 0.00723. The third kappa shape index (κ3) is 9.65. The predicted molar refractivity (Wildman–Crippen MR) is 165 cm³/mol. The van der Waals surface area contributed by atoms with Crippen LogP contribution in [-0.2, 0) is 32.5 Å². The molecule has 1 aliphatic rings. The summed E-state index contributed by atoms with van der Waals surface area (Å²) in [6, 6.07) is 0. The number of phosphoric ester groups is 1. The quantitative estimate of drug-likeness (QED) is 0.211. The van der Waals surface area contributed by atoms with E-state index in [1.54, 1.807) is 10.8 Å². The fraction of sp³-hybridized carbons (Fsp3) is 0.680. The first-order chi connectivity index (χ1) is 19.0. The smallest absolute Gasteiger partial charge is 0.369 e. The van der Waals surface area contributed by atoms with Crippen molar-refractivity contribution in [3.8, 4) is 0 Å². The Bertz CT molecular complexity index is 1320. The number of nitrogen functional groups attached to an aromatic ring is 1. The minimum atomic E-state index is -4.03. The average Bonchev–Trinajstić information content (AvgIpc) is 3.46. The van der Waals surface area contributed by atoms with Crippen LogP contribution in [0.5, 0.6) is 0 Å². The maximum absolute atomic E-state index is 13.5. The first-order valence-corrected chi connectivity index (χ1v) is 17.3. The van der Waals surface area contributed by atoms with Crippen molar-refractivity contribution in [1.82, 2.24) is 14.5 Å². The molecule has 0 aromatic carbocycles. The van der Waals surface area contributed by atoms with E-state index in [9.17, 15) is 18.9 Å². The third-order valence-electron chi connectivity index (χ3n) is 5.82. The molecule has 3 rings (SSSR count). The number of hydrogen-bond donors (Lipinski definition) is 2. The highest BCUT2D eigenvalue weighted by atomic mass is 79.9. The van der Waals surface area contributed by atoms with Crippen LogP contribution < -0.4 is 11.3 Å². The summed E-state index contributed by atoms with van der Waals surface area (Å²) in [4.78, 5) is 43.5. The zero-order valence-corrected chi connectivity index (χ0v) is 28.2. The Morgan fingerprint density at radius 2 is 1.66 bits per heavy atom. The Morgan fingerprint density at radius 3 is 2.20 bits per heavy atom. The highest BCUT2D eigenvalue weighted by molar-refractivity contribution is 9.10. The number of nitrogens with two attached hydrogens (primary N) is 1. The van der Waals surface area contributed by atoms with Gasteiger partial charge in [0.2, 0.25) is 5.95 Å². The van der Waals surface area contributed by atoms with Crippen LogP contribution in [0.1, 0.15) is 60.6 Å². The van der Waals surface area contributed by atoms with Crippen LogP contribution in [0.25, 0.3) is 11.0 Å². The van der Waals surface area contributed by atoms with Crippen molar-refractivity contribution in [2.24, 2.45) is 10.8 Å². The second kappa shape index (κ2) is 14.1. The largest absolute Gasteiger partial charge is 0.474 e. The lowest BCUT2D eigenvalue weighted by Crippen LogP contribution is -2.19. The number of aromatic nitrogens is 3. The van der Waals surface area contributed by atoms with Gasteiger partial charge in [-0.2, -0.15) is 4.98 Å². The molecule has 2 atom stereocenters. The molecule has 0 radical (unpaired) electrons. The highest BCUT2D eigenvalue weighted by Crippen LogP contribution is 2.50. The molecule has 16 heteroatoms. The SMILES string of the molecule is CC(C)(C)C(=O)SCCOP(=O)(OCCSC(=O)C(C)(C)C)OC[C@@H]1CC[C@H](n2cc(Br)c3c(=O)[nH]c(N)nc32)O1. The molecule has 2 aromatic heterocycles. The summed E-state index contributed by atoms with van der Waals surface area (Å²) < 4.78 is 38.6. The molecule has 2 aromatic rings. The summed E-state index contributed by atoms with van der Waals surface area (Å²) >= 11 is 5.57. The Morgan fingerprint density at radius 1 is 1.10 bits per heavy atom. The molecule has 41 heavy (non-hydrogen) atoms. The van der Waals surface area contributed by atoms with E-state index >= 15 is 0 Å². The number of H-pyrrole nitrogens is 1. The summed E-state index contributed by atoms with van der Waals surface area (Å²) in [5.74, 6) is 0.542. The van der Waals surface area contributed by atoms with E-state index in [1.165, 1.54) is 0 Å². The standard InChI is InChI=1S/C25H38BrN4O8PS2/c1-24(2,3)21(32)40-11-9-35-39(34,36-10-12-41-22(33)25(4,5)6)37-14-15-7-8-17(38-15)30-13-16(26)18-19(30)28-23(27)29-20(18)31/h13,15,17H,7-12,14H2,1-6H3,(H3,27,28,29,31)/t15-,17+/m0/s1. The Balaban J connectivity index is 1.61. The molecule has 3 heterocycles. The van der Waals surface area contributed by atoms with E-state index in [2.05, 4.69) is 25.9 Å². The number of anilines is 1. The fourth-order valence-electron chi connectivity index (χ4n) is 3.65. The van der Waals surface area contributed by atoms with Crippen molar-refractivity contribution >= 4 is 74.5 Å². The first-order valence-electron chi connectivity index (χ1n) is 13.1. The summed E-state index contributed by atoms with van der Waals surface area (Å²) in [6.07, 6.45) is 1.98. The van der Waals surface area contributed by atoms with Gasteiger partial charge in [-0.3, -0.25) is 32.9 Å². The van der Waals surface area contributed by atoms with E-state index in [0.29, 0.717) is 28.3 Å². The number of aromatic amines is 1. The van der Waals surface area contributed by atoms with Crippen LogP contribution >= 0.6 is 47.3 Å². The van der Waals surface area contributed by atoms with Crippen molar-refractivity contribution in [2.75, 3.05) is 37.1 Å². The van der Waals surface area contributed by atoms with Gasteiger partial charge in [-0.25, -0.2) is 4.57 Å². The van der Waals surface area contributed by atoms with E-state index in [4.69, 9.17) is 24.0 Å². The third-order valence-corrected chi connectivity index (χ3v) is 10.4. The molecule has 12 nitrogen and oxygen atoms in total. The van der Waals surface area contributed by atoms with E-state index in [1.807, 2.05) is 41.5 Å². The van der Waals surface area contributed by atoms with Gasteiger partial charge in [0.1, 0.15) is 6.23 Å². The molecule has 0 amide bonds. The molecule has 1 aliphatic heterocycles. The normalized spacial score (nSPS) is 18.3. The molecule has 0 aliphatic carbocycles. The van der Waals surface area contributed by atoms with E-state index in [0.717, 1.165) is 23.5 Å². The number of fused-ring (bicyclic) bond motifs is 1. The van der Waals surface area contributed by atoms with E-state index in [-0.39, 0.29) is 53.1 Å². The Kier molecular flexibility index (Phi) is 11.8. The first kappa shape index (κ1) is 34.3. The van der Waals surface area contributed by atoms with Gasteiger partial charge >= 0.3 is 7.82 Å². The second-order valence-corrected chi connectivity index (χ2v) is 16.2. The van der Waals surface area contributed by atoms with Gasteiger partial charge in [-0.1, -0.05) is 65.1 Å². The van der Waals surface area contributed by atoms with Gasteiger partial charge in [0.25, 0.3) is 5.56 Å². The predicted octanol–water partition coefficient (Wildman–Crippen LogP) is 5.52. The molecule has 3 N–H and O–H groups in total. The topological polar surface area (TPSA) is 165 Å². The molecule has 0 bridgehead atoms. The molecule has 1 fully saturated rings. The molecular formula is C25H38BrN4O8PS2. The van der Waals surface area contributed by atoms with Crippen molar-refractivity contribution in [2.45, 2.75) is 66.7 Å². The van der Waals surface area contributed by atoms with Crippen LogP contribution in [0.15, 0.2) is 15.5 Å². The molecular weight excluding hydrogens is 659 g/mol. The number of hydrogen-bond acceptors (Lipinski definition) is 12. The van der Waals surface area contributed by atoms with Crippen LogP contribution in [0, 0.1) is 10.8 Å². The Labute approximate surface area is 256 Å². The summed E-state index contributed by atoms with van der Waals surface area (Å²) in [5, 5.41) is 0.338. The number of nitrogens with one attached hydrogen (secondary N) is 1. The summed E-state index contributed by atoms with van der Waals surface area (Å²) in [6.45, 7) is 10.8. The lowest BCUT2D eigenvalue weighted by molar-refractivity contribution is -0.118. The molecule has 1 saturated heterocycles. The lowest BCUT2D eigenvalue weighted by atomic mass is 9.99. The molecule has 0 spiro atoms. The van der Waals surface area contributed by atoms with Gasteiger partial charge < -0.3 is 15.0 Å². The second-order valence-electron chi connectivity index (χ2n) is 11.5. The number of halogens is 1. The zero-order chi connectivity index (χ0) is 30.6. The number of rotatable bonds is 12. The van der Waals surface area contributed by atoms with Crippen molar-refractivity contribution in [1.29, 1.82) is 0 Å². The molecule has 0 saturated carbocycles. The van der Waals surface area contributed by atoms with Crippen LogP contribution in [0.4, 0.5) is 5.95 Å². The number of carbonyl (C=O) groups is 2. The number of thioether (sulfide) groups is 2. The fourth-order valence-corrected chi connectivity index (χ4v) is 7.25. The maximum Gasteiger partial charge on any atom is 0.474 e. The number of carbonyl (C=O) groups excluding carboxylic acids is 2. The van der Waals surface area contributed by atoms with Gasteiger partial charge in [-0.05, 0) is 28.8 Å². The van der Waals surface area contributed by atoms with Crippen molar-refractivity contribution < 1.29 is 32.5 Å². The number of ether oxygens (including phenoxy) is 1. The Hall–Kier alpha value is -1.19. The number of nitrogens with zero attached hydrogens (tertiary/aromatic N) is 2. The van der Waals surface area contributed by atoms with Gasteiger partial charge in [0.15, 0.2) is 15.9 Å². The maximum atomic E-state index is 13.5. The van der Waals surface area contributed by atoms with Crippen LogP contribution in [0.2, 0.25) is 0 Å². The van der Waals surface area contributed by atoms with Crippen molar-refractivity contribution in [3.05, 3.63) is 21.0 Å². The monoisotopic (exact) mass is 696 g/mol. The number of phosphoric acid groups is 1. The summed E-state index contributed by atoms with van der Waals surface area (Å²) in [5.41, 5.74) is 4.74. The highest BCUT2D eigenvalue weighted by Gasteiger charge is 2.34. The summed E-state index contributed by atoms with van der Waals surface area (Å²) in [7, 11) is -4.03. The van der Waals surface area contributed by atoms with Crippen molar-refractivity contribution in [3.63, 3.8) is 0 Å².